The van der Waals surface area contributed by atoms with Gasteiger partial charge >= 0.3 is 0 Å². The Morgan fingerprint density at radius 3 is 2.37 bits per heavy atom. The highest BCUT2D eigenvalue weighted by Crippen LogP contribution is 2.43. The number of carbonyl (C=O) groups excluding carboxylic acids is 1. The third-order valence-corrected chi connectivity index (χ3v) is 5.35. The van der Waals surface area contributed by atoms with E-state index in [1.807, 2.05) is 37.6 Å². The lowest BCUT2D eigenvalue weighted by Gasteiger charge is -2.31. The van der Waals surface area contributed by atoms with E-state index in [2.05, 4.69) is 15.1 Å². The van der Waals surface area contributed by atoms with Crippen LogP contribution in [0.5, 0.6) is 0 Å². The maximum atomic E-state index is 14.5. The normalized spacial score (nSPS) is 15.9. The summed E-state index contributed by atoms with van der Waals surface area (Å²) in [6.45, 7) is 7.63. The molecule has 140 valence electrons. The number of alkyl halides is 1. The van der Waals surface area contributed by atoms with Gasteiger partial charge in [-0.2, -0.15) is 5.10 Å². The Hall–Kier alpha value is -2.63. The molecule has 3 aromatic rings. The lowest BCUT2D eigenvalue weighted by Crippen LogP contribution is -2.30. The second-order valence-corrected chi connectivity index (χ2v) is 7.75. The molecule has 1 aromatic carbocycles. The smallest absolute Gasteiger partial charge is 0.180 e. The Bertz CT molecular complexity index is 1030. The van der Waals surface area contributed by atoms with E-state index in [1.54, 1.807) is 12.4 Å². The van der Waals surface area contributed by atoms with Crippen molar-refractivity contribution in [3.8, 4) is 11.1 Å². The van der Waals surface area contributed by atoms with Crippen LogP contribution in [-0.4, -0.2) is 25.5 Å². The maximum Gasteiger partial charge on any atom is 0.180 e. The number of benzene rings is 1. The molecule has 5 nitrogen and oxygen atoms in total. The van der Waals surface area contributed by atoms with Crippen molar-refractivity contribution in [1.82, 2.24) is 19.7 Å². The van der Waals surface area contributed by atoms with Gasteiger partial charge in [-0.15, -0.1) is 0 Å². The minimum atomic E-state index is -1.36. The zero-order chi connectivity index (χ0) is 19.3. The van der Waals surface area contributed by atoms with Crippen molar-refractivity contribution in [1.29, 1.82) is 0 Å². The maximum absolute atomic E-state index is 14.5. The molecule has 0 radical (unpaired) electrons. The molecule has 0 atom stereocenters. The van der Waals surface area contributed by atoms with Gasteiger partial charge in [0.25, 0.3) is 0 Å². The van der Waals surface area contributed by atoms with E-state index in [9.17, 15) is 9.18 Å². The molecule has 0 unspecified atom stereocenters. The quantitative estimate of drug-likeness (QED) is 0.614. The van der Waals surface area contributed by atoms with Gasteiger partial charge in [0.1, 0.15) is 5.69 Å². The topological polar surface area (TPSA) is 60.7 Å². The number of carbonyl (C=O) groups is 1. The fourth-order valence-corrected chi connectivity index (χ4v) is 3.70. The largest absolute Gasteiger partial charge is 0.293 e. The third-order valence-electron chi connectivity index (χ3n) is 5.35. The Morgan fingerprint density at radius 1 is 1.19 bits per heavy atom. The summed E-state index contributed by atoms with van der Waals surface area (Å²) in [5.41, 5.74) is 2.81. The molecule has 0 amide bonds. The second-order valence-electron chi connectivity index (χ2n) is 7.75. The first kappa shape index (κ1) is 17.8. The molecule has 0 N–H and O–H groups in total. The SMILES string of the molecule is CC(=O)c1nn(C(C)C)c2c(C)cc(-c3cnc(C4(F)CCC4)nc3)cc12. The van der Waals surface area contributed by atoms with Crippen LogP contribution in [0.25, 0.3) is 22.0 Å². The summed E-state index contributed by atoms with van der Waals surface area (Å²) in [5, 5.41) is 5.37. The second kappa shape index (κ2) is 6.22. The van der Waals surface area contributed by atoms with Gasteiger partial charge in [0.2, 0.25) is 0 Å². The average Bonchev–Trinajstić information content (AvgIpc) is 3.00. The van der Waals surface area contributed by atoms with Gasteiger partial charge in [0.05, 0.1) is 5.52 Å². The van der Waals surface area contributed by atoms with Gasteiger partial charge in [-0.1, -0.05) is 0 Å². The Labute approximate surface area is 157 Å². The van der Waals surface area contributed by atoms with Crippen LogP contribution in [0.1, 0.15) is 68.0 Å². The third kappa shape index (κ3) is 2.83. The molecule has 27 heavy (non-hydrogen) atoms. The van der Waals surface area contributed by atoms with Crippen molar-refractivity contribution >= 4 is 16.7 Å². The van der Waals surface area contributed by atoms with E-state index in [4.69, 9.17) is 0 Å². The zero-order valence-corrected chi connectivity index (χ0v) is 16.1. The number of aromatic nitrogens is 4. The minimum absolute atomic E-state index is 0.0631. The summed E-state index contributed by atoms with van der Waals surface area (Å²) >= 11 is 0. The Morgan fingerprint density at radius 2 is 1.85 bits per heavy atom. The molecule has 0 aliphatic heterocycles. The van der Waals surface area contributed by atoms with Gasteiger partial charge in [0.15, 0.2) is 17.3 Å². The fraction of sp³-hybridized carbons (Fsp3) is 0.429. The van der Waals surface area contributed by atoms with E-state index in [0.29, 0.717) is 18.5 Å². The van der Waals surface area contributed by atoms with Crippen molar-refractivity contribution in [2.45, 2.75) is 58.7 Å². The van der Waals surface area contributed by atoms with Gasteiger partial charge in [-0.25, -0.2) is 14.4 Å². The van der Waals surface area contributed by atoms with Gasteiger partial charge < -0.3 is 0 Å². The molecule has 1 saturated carbocycles. The van der Waals surface area contributed by atoms with Crippen molar-refractivity contribution in [3.63, 3.8) is 0 Å². The van der Waals surface area contributed by atoms with Crippen LogP contribution in [-0.2, 0) is 5.67 Å². The molecule has 1 aliphatic rings. The number of hydrogen-bond donors (Lipinski definition) is 0. The summed E-state index contributed by atoms with van der Waals surface area (Å²) in [6.07, 6.45) is 5.21. The summed E-state index contributed by atoms with van der Waals surface area (Å²) in [4.78, 5) is 20.7. The highest BCUT2D eigenvalue weighted by molar-refractivity contribution is 6.06. The molecule has 6 heteroatoms. The Balaban J connectivity index is 1.83. The van der Waals surface area contributed by atoms with Crippen LogP contribution in [0.4, 0.5) is 4.39 Å². The molecule has 4 rings (SSSR count). The number of nitrogens with zero attached hydrogens (tertiary/aromatic N) is 4. The van der Waals surface area contributed by atoms with Crippen LogP contribution in [0.2, 0.25) is 0 Å². The van der Waals surface area contributed by atoms with Crippen LogP contribution < -0.4 is 0 Å². The van der Waals surface area contributed by atoms with E-state index in [-0.39, 0.29) is 17.6 Å². The number of aryl methyl sites for hydroxylation is 1. The first-order valence-corrected chi connectivity index (χ1v) is 9.36. The lowest BCUT2D eigenvalue weighted by atomic mass is 9.81. The Kier molecular flexibility index (Phi) is 4.09. The molecule has 1 fully saturated rings. The molecule has 2 aromatic heterocycles. The first-order chi connectivity index (χ1) is 12.8. The van der Waals surface area contributed by atoms with Crippen LogP contribution in [0.15, 0.2) is 24.5 Å². The summed E-state index contributed by atoms with van der Waals surface area (Å²) in [7, 11) is 0. The van der Waals surface area contributed by atoms with Crippen molar-refractivity contribution in [3.05, 3.63) is 41.6 Å². The number of rotatable bonds is 4. The lowest BCUT2D eigenvalue weighted by molar-refractivity contribution is 0.0507. The number of ketones is 1. The summed E-state index contributed by atoms with van der Waals surface area (Å²) in [5.74, 6) is 0.208. The predicted octanol–water partition coefficient (Wildman–Crippen LogP) is 4.93. The van der Waals surface area contributed by atoms with Gasteiger partial charge in [-0.05, 0) is 63.3 Å². The molecule has 0 spiro atoms. The number of halogens is 1. The van der Waals surface area contributed by atoms with Crippen molar-refractivity contribution in [2.75, 3.05) is 0 Å². The number of fused-ring (bicyclic) bond motifs is 1. The fourth-order valence-electron chi connectivity index (χ4n) is 3.70. The highest BCUT2D eigenvalue weighted by atomic mass is 19.1. The minimum Gasteiger partial charge on any atom is -0.293 e. The average molecular weight is 366 g/mol. The van der Waals surface area contributed by atoms with E-state index in [1.165, 1.54) is 6.92 Å². The monoisotopic (exact) mass is 366 g/mol. The summed E-state index contributed by atoms with van der Waals surface area (Å²) in [6, 6.07) is 4.15. The van der Waals surface area contributed by atoms with E-state index < -0.39 is 5.67 Å². The van der Waals surface area contributed by atoms with Crippen molar-refractivity contribution < 1.29 is 9.18 Å². The van der Waals surface area contributed by atoms with Crippen LogP contribution in [0, 0.1) is 6.92 Å². The molecular weight excluding hydrogens is 343 g/mol. The van der Waals surface area contributed by atoms with Crippen molar-refractivity contribution in [2.24, 2.45) is 0 Å². The van der Waals surface area contributed by atoms with E-state index >= 15 is 0 Å². The molecule has 1 aliphatic carbocycles. The predicted molar refractivity (Wildman–Crippen MR) is 103 cm³/mol. The number of hydrogen-bond acceptors (Lipinski definition) is 4. The standard InChI is InChI=1S/C21H23FN4O/c1-12(2)26-19-13(3)8-15(9-17(19)18(25-26)14(4)27)16-10-23-20(24-11-16)21(22)6-5-7-21/h8-12H,5-7H2,1-4H3. The van der Waals surface area contributed by atoms with Crippen LogP contribution in [0.3, 0.4) is 0 Å². The van der Waals surface area contributed by atoms with E-state index in [0.717, 1.165) is 34.0 Å². The molecule has 2 heterocycles. The number of Topliss-reactive ketones (excluding diaryl/α,β-unsaturated/α-hetero) is 1. The first-order valence-electron chi connectivity index (χ1n) is 9.36. The van der Waals surface area contributed by atoms with Gasteiger partial charge in [0, 0.05) is 36.3 Å². The molecular formula is C21H23FN4O. The zero-order valence-electron chi connectivity index (χ0n) is 16.1. The van der Waals surface area contributed by atoms with Gasteiger partial charge in [-0.3, -0.25) is 9.48 Å². The highest BCUT2D eigenvalue weighted by Gasteiger charge is 2.41. The summed E-state index contributed by atoms with van der Waals surface area (Å²) < 4.78 is 16.4. The molecule has 0 bridgehead atoms. The molecule has 0 saturated heterocycles. The van der Waals surface area contributed by atoms with Crippen LogP contribution >= 0.6 is 0 Å².